The van der Waals surface area contributed by atoms with Crippen LogP contribution in [0.2, 0.25) is 0 Å². The van der Waals surface area contributed by atoms with Gasteiger partial charge in [0.25, 0.3) is 0 Å². The molecule has 3 unspecified atom stereocenters. The van der Waals surface area contributed by atoms with Gasteiger partial charge < -0.3 is 14.7 Å². The van der Waals surface area contributed by atoms with E-state index in [1.807, 2.05) is 6.92 Å². The van der Waals surface area contributed by atoms with Gasteiger partial charge in [-0.05, 0) is 26.2 Å². The van der Waals surface area contributed by atoms with Crippen molar-refractivity contribution < 1.29 is 19.4 Å². The molecule has 96 valence electrons. The molecule has 1 amide bonds. The highest BCUT2D eigenvalue weighted by atomic mass is 16.5. The molecule has 5 heteroatoms. The van der Waals surface area contributed by atoms with Crippen molar-refractivity contribution in [2.24, 2.45) is 11.8 Å². The first kappa shape index (κ1) is 12.4. The van der Waals surface area contributed by atoms with Gasteiger partial charge in [0.15, 0.2) is 0 Å². The molecule has 2 saturated heterocycles. The lowest BCUT2D eigenvalue weighted by Gasteiger charge is -2.33. The number of hydrogen-bond acceptors (Lipinski definition) is 3. The Hall–Kier alpha value is -1.10. The molecule has 0 saturated carbocycles. The van der Waals surface area contributed by atoms with E-state index >= 15 is 0 Å². The number of aliphatic carboxylic acids is 1. The van der Waals surface area contributed by atoms with Crippen LogP contribution in [0.25, 0.3) is 0 Å². The molecule has 0 radical (unpaired) electrons. The van der Waals surface area contributed by atoms with Crippen LogP contribution < -0.4 is 0 Å². The van der Waals surface area contributed by atoms with E-state index < -0.39 is 11.9 Å². The fraction of sp³-hybridized carbons (Fsp3) is 0.833. The third-order valence-electron chi connectivity index (χ3n) is 3.78. The van der Waals surface area contributed by atoms with Crippen LogP contribution >= 0.6 is 0 Å². The van der Waals surface area contributed by atoms with E-state index in [4.69, 9.17) is 9.84 Å². The molecule has 3 atom stereocenters. The van der Waals surface area contributed by atoms with Crippen LogP contribution in [0, 0.1) is 11.8 Å². The number of piperidine rings is 1. The van der Waals surface area contributed by atoms with Crippen molar-refractivity contribution in [2.75, 3.05) is 19.7 Å². The highest BCUT2D eigenvalue weighted by molar-refractivity contribution is 5.81. The number of likely N-dealkylation sites (tertiary alicyclic amines) is 1. The third-order valence-corrected chi connectivity index (χ3v) is 3.78. The number of hydrogen-bond donors (Lipinski definition) is 1. The Balaban J connectivity index is 1.97. The van der Waals surface area contributed by atoms with Gasteiger partial charge in [-0.1, -0.05) is 0 Å². The van der Waals surface area contributed by atoms with Crippen LogP contribution in [-0.4, -0.2) is 47.7 Å². The van der Waals surface area contributed by atoms with Gasteiger partial charge in [0.2, 0.25) is 5.91 Å². The second-order valence-electron chi connectivity index (χ2n) is 4.93. The lowest BCUT2D eigenvalue weighted by atomic mass is 9.95. The van der Waals surface area contributed by atoms with Crippen molar-refractivity contribution >= 4 is 11.9 Å². The van der Waals surface area contributed by atoms with Crippen molar-refractivity contribution in [3.05, 3.63) is 0 Å². The highest BCUT2D eigenvalue weighted by Gasteiger charge is 2.36. The van der Waals surface area contributed by atoms with Gasteiger partial charge >= 0.3 is 5.97 Å². The lowest BCUT2D eigenvalue weighted by molar-refractivity contribution is -0.147. The quantitative estimate of drug-likeness (QED) is 0.774. The van der Waals surface area contributed by atoms with Crippen molar-refractivity contribution in [1.82, 2.24) is 4.90 Å². The zero-order chi connectivity index (χ0) is 12.4. The highest BCUT2D eigenvalue weighted by Crippen LogP contribution is 2.25. The normalized spacial score (nSPS) is 33.7. The summed E-state index contributed by atoms with van der Waals surface area (Å²) in [6, 6.07) is 0. The van der Waals surface area contributed by atoms with Crippen molar-refractivity contribution in [2.45, 2.75) is 32.3 Å². The topological polar surface area (TPSA) is 66.8 Å². The maximum Gasteiger partial charge on any atom is 0.308 e. The number of amides is 1. The van der Waals surface area contributed by atoms with Crippen LogP contribution in [0.3, 0.4) is 0 Å². The van der Waals surface area contributed by atoms with Gasteiger partial charge in [-0.2, -0.15) is 0 Å². The Bertz CT molecular complexity index is 318. The second-order valence-corrected chi connectivity index (χ2v) is 4.93. The minimum absolute atomic E-state index is 0.0345. The summed E-state index contributed by atoms with van der Waals surface area (Å²) in [6.45, 7) is 3.59. The molecule has 0 aromatic carbocycles. The summed E-state index contributed by atoms with van der Waals surface area (Å²) in [6.07, 6.45) is 2.18. The number of nitrogens with zero attached hydrogens (tertiary/aromatic N) is 1. The summed E-state index contributed by atoms with van der Waals surface area (Å²) in [5, 5.41) is 8.99. The van der Waals surface area contributed by atoms with E-state index in [-0.39, 0.29) is 17.9 Å². The molecular weight excluding hydrogens is 222 g/mol. The van der Waals surface area contributed by atoms with Crippen LogP contribution in [0.4, 0.5) is 0 Å². The van der Waals surface area contributed by atoms with Crippen LogP contribution in [-0.2, 0) is 14.3 Å². The summed E-state index contributed by atoms with van der Waals surface area (Å²) in [7, 11) is 0. The molecule has 0 spiro atoms. The first-order valence-corrected chi connectivity index (χ1v) is 6.23. The van der Waals surface area contributed by atoms with Gasteiger partial charge in [-0.15, -0.1) is 0 Å². The van der Waals surface area contributed by atoms with Crippen molar-refractivity contribution in [3.63, 3.8) is 0 Å². The number of ether oxygens (including phenoxy) is 1. The summed E-state index contributed by atoms with van der Waals surface area (Å²) in [5.41, 5.74) is 0. The molecule has 2 fully saturated rings. The van der Waals surface area contributed by atoms with Gasteiger partial charge in [-0.3, -0.25) is 9.59 Å². The van der Waals surface area contributed by atoms with Crippen molar-refractivity contribution in [1.29, 1.82) is 0 Å². The number of carboxylic acids is 1. The molecule has 5 nitrogen and oxygen atoms in total. The number of rotatable bonds is 2. The van der Waals surface area contributed by atoms with Gasteiger partial charge in [-0.25, -0.2) is 0 Å². The maximum absolute atomic E-state index is 12.2. The Morgan fingerprint density at radius 3 is 2.71 bits per heavy atom. The van der Waals surface area contributed by atoms with E-state index in [2.05, 4.69) is 0 Å². The predicted molar refractivity (Wildman–Crippen MR) is 60.5 cm³/mol. The summed E-state index contributed by atoms with van der Waals surface area (Å²) >= 11 is 0. The summed E-state index contributed by atoms with van der Waals surface area (Å²) in [4.78, 5) is 24.9. The molecular formula is C12H19NO4. The molecule has 0 bridgehead atoms. The van der Waals surface area contributed by atoms with Crippen LogP contribution in [0.1, 0.15) is 26.2 Å². The van der Waals surface area contributed by atoms with Crippen LogP contribution in [0.5, 0.6) is 0 Å². The predicted octanol–water partition coefficient (Wildman–Crippen LogP) is 0.735. The second kappa shape index (κ2) is 5.04. The third kappa shape index (κ3) is 2.60. The van der Waals surface area contributed by atoms with Gasteiger partial charge in [0, 0.05) is 19.7 Å². The molecule has 1 N–H and O–H groups in total. The standard InChI is InChI=1S/C12H19NO4/c1-8-10(4-6-17-8)11(14)13-5-2-3-9(7-13)12(15)16/h8-10H,2-7H2,1H3,(H,15,16). The molecule has 2 aliphatic heterocycles. The van der Waals surface area contributed by atoms with Gasteiger partial charge in [0.05, 0.1) is 17.9 Å². The molecule has 2 heterocycles. The van der Waals surface area contributed by atoms with Crippen molar-refractivity contribution in [3.8, 4) is 0 Å². The Morgan fingerprint density at radius 2 is 2.12 bits per heavy atom. The molecule has 2 rings (SSSR count). The van der Waals surface area contributed by atoms with Crippen LogP contribution in [0.15, 0.2) is 0 Å². The zero-order valence-corrected chi connectivity index (χ0v) is 10.1. The average Bonchev–Trinajstić information content (AvgIpc) is 2.74. The van der Waals surface area contributed by atoms with E-state index in [9.17, 15) is 9.59 Å². The zero-order valence-electron chi connectivity index (χ0n) is 10.1. The van der Waals surface area contributed by atoms with E-state index in [0.717, 1.165) is 12.8 Å². The van der Waals surface area contributed by atoms with E-state index in [0.29, 0.717) is 26.1 Å². The minimum atomic E-state index is -0.793. The Kier molecular flexibility index (Phi) is 3.66. The largest absolute Gasteiger partial charge is 0.481 e. The average molecular weight is 241 g/mol. The molecule has 0 aromatic heterocycles. The Labute approximate surface area is 101 Å². The fourth-order valence-electron chi connectivity index (χ4n) is 2.67. The van der Waals surface area contributed by atoms with Gasteiger partial charge in [0.1, 0.15) is 0 Å². The smallest absolute Gasteiger partial charge is 0.308 e. The number of carbonyl (C=O) groups is 2. The summed E-state index contributed by atoms with van der Waals surface area (Å²) < 4.78 is 5.39. The molecule has 0 aromatic rings. The minimum Gasteiger partial charge on any atom is -0.481 e. The maximum atomic E-state index is 12.2. The number of carbonyl (C=O) groups excluding carboxylic acids is 1. The Morgan fingerprint density at radius 1 is 1.35 bits per heavy atom. The molecule has 2 aliphatic rings. The SMILES string of the molecule is CC1OCCC1C(=O)N1CCCC(C(=O)O)C1. The fourth-order valence-corrected chi connectivity index (χ4v) is 2.67. The lowest BCUT2D eigenvalue weighted by Crippen LogP contribution is -2.46. The van der Waals surface area contributed by atoms with E-state index in [1.165, 1.54) is 0 Å². The first-order valence-electron chi connectivity index (χ1n) is 6.23. The monoisotopic (exact) mass is 241 g/mol. The molecule has 17 heavy (non-hydrogen) atoms. The summed E-state index contributed by atoms with van der Waals surface area (Å²) in [5.74, 6) is -1.20. The first-order chi connectivity index (χ1) is 8.09. The van der Waals surface area contributed by atoms with E-state index in [1.54, 1.807) is 4.90 Å². The number of carboxylic acid groups (broad SMARTS) is 1. The molecule has 0 aliphatic carbocycles.